The minimum absolute atomic E-state index is 0.0369. The number of fused-ring (bicyclic) bond motifs is 1. The Kier molecular flexibility index (Phi) is 5.73. The highest BCUT2D eigenvalue weighted by Gasteiger charge is 2.27. The molecule has 2 rings (SSSR count). The number of aliphatic hydroxyl groups excluding tert-OH is 1. The Balaban J connectivity index is 1.66. The van der Waals surface area contributed by atoms with Crippen LogP contribution in [0.1, 0.15) is 31.2 Å². The van der Waals surface area contributed by atoms with Crippen LogP contribution in [0.4, 0.5) is 0 Å². The van der Waals surface area contributed by atoms with Crippen LogP contribution in [0.3, 0.4) is 0 Å². The zero-order valence-corrected chi connectivity index (χ0v) is 11.9. The van der Waals surface area contributed by atoms with Gasteiger partial charge in [0.1, 0.15) is 0 Å². The van der Waals surface area contributed by atoms with Gasteiger partial charge in [-0.1, -0.05) is 31.0 Å². The number of aliphatic hydroxyl groups is 1. The predicted molar refractivity (Wildman–Crippen MR) is 78.4 cm³/mol. The molecule has 1 aliphatic heterocycles. The second-order valence-corrected chi connectivity index (χ2v) is 6.09. The third kappa shape index (κ3) is 4.25. The zero-order chi connectivity index (χ0) is 13.5. The van der Waals surface area contributed by atoms with Crippen molar-refractivity contribution < 1.29 is 9.90 Å². The fourth-order valence-electron chi connectivity index (χ4n) is 2.24. The van der Waals surface area contributed by atoms with Crippen molar-refractivity contribution in [2.24, 2.45) is 0 Å². The number of thioether (sulfide) groups is 1. The highest BCUT2D eigenvalue weighted by Crippen LogP contribution is 2.36. The topological polar surface area (TPSA) is 49.3 Å². The van der Waals surface area contributed by atoms with Crippen molar-refractivity contribution in [2.45, 2.75) is 42.2 Å². The molecule has 1 aromatic carbocycles. The molecule has 1 heterocycles. The lowest BCUT2D eigenvalue weighted by atomic mass is 10.1. The quantitative estimate of drug-likeness (QED) is 0.753. The molecule has 2 N–H and O–H groups in total. The molecule has 1 unspecified atom stereocenters. The second-order valence-electron chi connectivity index (χ2n) is 4.85. The van der Waals surface area contributed by atoms with E-state index in [1.165, 1.54) is 10.5 Å². The molecule has 0 saturated carbocycles. The monoisotopic (exact) mass is 279 g/mol. The first-order chi connectivity index (χ1) is 9.31. The van der Waals surface area contributed by atoms with E-state index in [1.807, 2.05) is 12.1 Å². The van der Waals surface area contributed by atoms with E-state index in [2.05, 4.69) is 17.4 Å². The van der Waals surface area contributed by atoms with E-state index >= 15 is 0 Å². The molecule has 0 spiro atoms. The number of carbonyl (C=O) groups is 1. The molecule has 1 amide bonds. The molecule has 3 nitrogen and oxygen atoms in total. The lowest BCUT2D eigenvalue weighted by Gasteiger charge is -2.09. The Morgan fingerprint density at radius 2 is 2.05 bits per heavy atom. The van der Waals surface area contributed by atoms with Crippen LogP contribution in [0.25, 0.3) is 0 Å². The van der Waals surface area contributed by atoms with Crippen LogP contribution in [0.2, 0.25) is 0 Å². The van der Waals surface area contributed by atoms with Gasteiger partial charge in [0.05, 0.1) is 5.25 Å². The smallest absolute Gasteiger partial charge is 0.233 e. The van der Waals surface area contributed by atoms with Crippen molar-refractivity contribution in [3.63, 3.8) is 0 Å². The molecule has 104 valence electrons. The summed E-state index contributed by atoms with van der Waals surface area (Å²) in [4.78, 5) is 13.3. The van der Waals surface area contributed by atoms with Crippen molar-refractivity contribution in [1.29, 1.82) is 0 Å². The summed E-state index contributed by atoms with van der Waals surface area (Å²) in [5.41, 5.74) is 1.29. The Labute approximate surface area is 118 Å². The highest BCUT2D eigenvalue weighted by atomic mass is 32.2. The Morgan fingerprint density at radius 3 is 2.84 bits per heavy atom. The van der Waals surface area contributed by atoms with Gasteiger partial charge < -0.3 is 10.4 Å². The van der Waals surface area contributed by atoms with Crippen LogP contribution in [0.5, 0.6) is 0 Å². The Hall–Kier alpha value is -1.00. The van der Waals surface area contributed by atoms with Gasteiger partial charge in [0.15, 0.2) is 0 Å². The van der Waals surface area contributed by atoms with Crippen LogP contribution in [0, 0.1) is 0 Å². The van der Waals surface area contributed by atoms with Gasteiger partial charge in [-0.05, 0) is 30.9 Å². The predicted octanol–water partition coefficient (Wildman–Crippen LogP) is 2.37. The maximum atomic E-state index is 12.0. The molecule has 1 aromatic rings. The number of hydrogen-bond donors (Lipinski definition) is 2. The molecule has 0 radical (unpaired) electrons. The van der Waals surface area contributed by atoms with Crippen molar-refractivity contribution in [2.75, 3.05) is 13.2 Å². The summed E-state index contributed by atoms with van der Waals surface area (Å²) in [6, 6.07) is 8.24. The van der Waals surface area contributed by atoms with Crippen molar-refractivity contribution in [3.8, 4) is 0 Å². The fraction of sp³-hybridized carbons (Fsp3) is 0.533. The third-order valence-corrected chi connectivity index (χ3v) is 4.64. The lowest BCUT2D eigenvalue weighted by molar-refractivity contribution is -0.120. The van der Waals surface area contributed by atoms with E-state index in [4.69, 9.17) is 5.11 Å². The summed E-state index contributed by atoms with van der Waals surface area (Å²) in [5.74, 6) is 0.156. The van der Waals surface area contributed by atoms with E-state index in [0.29, 0.717) is 0 Å². The fourth-order valence-corrected chi connectivity index (χ4v) is 3.46. The third-order valence-electron chi connectivity index (χ3n) is 3.32. The first-order valence-corrected chi connectivity index (χ1v) is 7.82. The maximum absolute atomic E-state index is 12.0. The molecule has 0 aliphatic carbocycles. The number of benzene rings is 1. The SMILES string of the molecule is O=C(NCCCCCCO)C1Cc2ccccc2S1. The summed E-state index contributed by atoms with van der Waals surface area (Å²) in [5, 5.41) is 11.7. The molecule has 0 fully saturated rings. The van der Waals surface area contributed by atoms with Crippen LogP contribution < -0.4 is 5.32 Å². The average molecular weight is 279 g/mol. The minimum Gasteiger partial charge on any atom is -0.396 e. The summed E-state index contributed by atoms with van der Waals surface area (Å²) >= 11 is 1.67. The molecular weight excluding hydrogens is 258 g/mol. The van der Waals surface area contributed by atoms with Crippen molar-refractivity contribution >= 4 is 17.7 Å². The number of nitrogens with one attached hydrogen (secondary N) is 1. The van der Waals surface area contributed by atoms with Gasteiger partial charge in [-0.15, -0.1) is 11.8 Å². The second kappa shape index (κ2) is 7.56. The van der Waals surface area contributed by atoms with E-state index < -0.39 is 0 Å². The summed E-state index contributed by atoms with van der Waals surface area (Å²) < 4.78 is 0. The Bertz CT molecular complexity index is 397. The molecule has 0 bridgehead atoms. The largest absolute Gasteiger partial charge is 0.396 e. The Morgan fingerprint density at radius 1 is 1.26 bits per heavy atom. The highest BCUT2D eigenvalue weighted by molar-refractivity contribution is 8.01. The first-order valence-electron chi connectivity index (χ1n) is 6.94. The van der Waals surface area contributed by atoms with Gasteiger partial charge in [0.2, 0.25) is 5.91 Å². The minimum atomic E-state index is 0.0369. The van der Waals surface area contributed by atoms with Gasteiger partial charge in [0, 0.05) is 18.0 Å². The van der Waals surface area contributed by atoms with Crippen molar-refractivity contribution in [3.05, 3.63) is 29.8 Å². The molecule has 19 heavy (non-hydrogen) atoms. The van der Waals surface area contributed by atoms with Gasteiger partial charge >= 0.3 is 0 Å². The summed E-state index contributed by atoms with van der Waals surface area (Å²) in [6.45, 7) is 1.01. The molecule has 1 atom stereocenters. The zero-order valence-electron chi connectivity index (χ0n) is 11.1. The van der Waals surface area contributed by atoms with Gasteiger partial charge in [-0.3, -0.25) is 4.79 Å². The average Bonchev–Trinajstić information content (AvgIpc) is 2.86. The molecule has 0 saturated heterocycles. The van der Waals surface area contributed by atoms with Gasteiger partial charge in [-0.2, -0.15) is 0 Å². The lowest BCUT2D eigenvalue weighted by Crippen LogP contribution is -2.33. The molecule has 1 aliphatic rings. The van der Waals surface area contributed by atoms with E-state index in [9.17, 15) is 4.79 Å². The molecule has 4 heteroatoms. The van der Waals surface area contributed by atoms with Crippen LogP contribution in [-0.2, 0) is 11.2 Å². The number of carbonyl (C=O) groups excluding carboxylic acids is 1. The van der Waals surface area contributed by atoms with Crippen molar-refractivity contribution in [1.82, 2.24) is 5.32 Å². The summed E-state index contributed by atoms with van der Waals surface area (Å²) in [6.07, 6.45) is 4.81. The normalized spacial score (nSPS) is 17.2. The van der Waals surface area contributed by atoms with Gasteiger partial charge in [0.25, 0.3) is 0 Å². The standard InChI is InChI=1S/C15H21NO2S/c17-10-6-2-1-5-9-16-15(18)14-11-12-7-3-4-8-13(12)19-14/h3-4,7-8,14,17H,1-2,5-6,9-11H2,(H,16,18). The van der Waals surface area contributed by atoms with Crippen LogP contribution in [-0.4, -0.2) is 29.4 Å². The first kappa shape index (κ1) is 14.4. The number of hydrogen-bond acceptors (Lipinski definition) is 3. The van der Waals surface area contributed by atoms with E-state index in [0.717, 1.165) is 38.6 Å². The molecule has 0 aromatic heterocycles. The molecular formula is C15H21NO2S. The maximum Gasteiger partial charge on any atom is 0.233 e. The number of unbranched alkanes of at least 4 members (excludes halogenated alkanes) is 3. The van der Waals surface area contributed by atoms with E-state index in [-0.39, 0.29) is 17.8 Å². The number of amides is 1. The van der Waals surface area contributed by atoms with Gasteiger partial charge in [-0.25, -0.2) is 0 Å². The van der Waals surface area contributed by atoms with E-state index in [1.54, 1.807) is 11.8 Å². The van der Waals surface area contributed by atoms with Crippen LogP contribution >= 0.6 is 11.8 Å². The summed E-state index contributed by atoms with van der Waals surface area (Å²) in [7, 11) is 0. The number of rotatable bonds is 7. The van der Waals surface area contributed by atoms with Crippen LogP contribution in [0.15, 0.2) is 29.2 Å².